The van der Waals surface area contributed by atoms with Crippen LogP contribution in [0.1, 0.15) is 48.4 Å². The molecule has 0 saturated heterocycles. The summed E-state index contributed by atoms with van der Waals surface area (Å²) in [5, 5.41) is 7.92. The van der Waals surface area contributed by atoms with Crippen molar-refractivity contribution in [1.82, 2.24) is 0 Å². The monoisotopic (exact) mass is 367 g/mol. The van der Waals surface area contributed by atoms with Crippen LogP contribution in [0.3, 0.4) is 0 Å². The lowest BCUT2D eigenvalue weighted by atomic mass is 9.85. The summed E-state index contributed by atoms with van der Waals surface area (Å²) in [6.45, 7) is 6.26. The molecule has 5 heteroatoms. The molecule has 1 atom stereocenters. The van der Waals surface area contributed by atoms with Crippen LogP contribution in [0.15, 0.2) is 35.4 Å². The van der Waals surface area contributed by atoms with E-state index in [1.807, 2.05) is 19.1 Å². The van der Waals surface area contributed by atoms with Gasteiger partial charge in [-0.05, 0) is 60.8 Å². The van der Waals surface area contributed by atoms with Crippen LogP contribution in [0.4, 0.5) is 0 Å². The molecule has 1 aliphatic heterocycles. The summed E-state index contributed by atoms with van der Waals surface area (Å²) in [5.41, 5.74) is 6.31. The summed E-state index contributed by atoms with van der Waals surface area (Å²) < 4.78 is 16.6. The second-order valence-corrected chi connectivity index (χ2v) is 6.68. The first-order valence-corrected chi connectivity index (χ1v) is 9.12. The zero-order chi connectivity index (χ0) is 19.6. The van der Waals surface area contributed by atoms with Crippen molar-refractivity contribution in [2.75, 3.05) is 21.3 Å². The van der Waals surface area contributed by atoms with Gasteiger partial charge >= 0.3 is 0 Å². The molecule has 0 amide bonds. The molecule has 0 aliphatic carbocycles. The molecule has 0 saturated carbocycles. The normalized spacial score (nSPS) is 16.0. The molecule has 142 valence electrons. The molecule has 1 N–H and O–H groups in total. The Hall–Kier alpha value is -2.82. The van der Waals surface area contributed by atoms with E-state index in [0.29, 0.717) is 5.75 Å². The van der Waals surface area contributed by atoms with Crippen molar-refractivity contribution in [3.63, 3.8) is 0 Å². The molecule has 0 spiro atoms. The maximum absolute atomic E-state index is 5.56. The Morgan fingerprint density at radius 1 is 0.926 bits per heavy atom. The van der Waals surface area contributed by atoms with Crippen LogP contribution >= 0.6 is 0 Å². The van der Waals surface area contributed by atoms with Crippen LogP contribution in [0.5, 0.6) is 17.2 Å². The minimum atomic E-state index is 0.206. The van der Waals surface area contributed by atoms with Gasteiger partial charge in [-0.1, -0.05) is 18.1 Å². The number of hydrogen-bond donors (Lipinski definition) is 1. The first kappa shape index (κ1) is 19.0. The van der Waals surface area contributed by atoms with E-state index >= 15 is 0 Å². The Morgan fingerprint density at radius 3 is 2.22 bits per heavy atom. The number of hydrogen-bond acceptors (Lipinski definition) is 4. The Kier molecular flexibility index (Phi) is 5.49. The standard InChI is InChI=1S/C22H26N2O3/c1-7-16-14(3)23-24-22(15-9-8-13(2)19(10-15)25-4)18-12-21(27-6)20(26-5)11-17(16)18/h8-12,16H,7H2,1-6H3/p+1. The van der Waals surface area contributed by atoms with Crippen LogP contribution in [-0.4, -0.2) is 32.8 Å². The highest BCUT2D eigenvalue weighted by Crippen LogP contribution is 2.37. The van der Waals surface area contributed by atoms with Crippen LogP contribution in [0.25, 0.3) is 0 Å². The summed E-state index contributed by atoms with van der Waals surface area (Å²) >= 11 is 0. The zero-order valence-electron chi connectivity index (χ0n) is 16.8. The third-order valence-corrected chi connectivity index (χ3v) is 5.15. The number of methoxy groups -OCH3 is 3. The first-order valence-electron chi connectivity index (χ1n) is 9.12. The molecule has 2 aromatic rings. The van der Waals surface area contributed by atoms with Gasteiger partial charge in [0.25, 0.3) is 0 Å². The number of benzene rings is 2. The van der Waals surface area contributed by atoms with Crippen LogP contribution in [0, 0.1) is 6.92 Å². The Morgan fingerprint density at radius 2 is 1.59 bits per heavy atom. The average molecular weight is 367 g/mol. The Labute approximate surface area is 160 Å². The highest BCUT2D eigenvalue weighted by molar-refractivity contribution is 6.12. The Bertz CT molecular complexity index is 916. The fourth-order valence-electron chi connectivity index (χ4n) is 3.62. The highest BCUT2D eigenvalue weighted by atomic mass is 16.5. The predicted molar refractivity (Wildman–Crippen MR) is 108 cm³/mol. The molecular formula is C22H27N2O3+. The predicted octanol–water partition coefficient (Wildman–Crippen LogP) is 2.82. The summed E-state index contributed by atoms with van der Waals surface area (Å²) in [7, 11) is 5.01. The maximum Gasteiger partial charge on any atom is 0.244 e. The number of fused-ring (bicyclic) bond motifs is 1. The van der Waals surface area contributed by atoms with Gasteiger partial charge in [-0.3, -0.25) is 0 Å². The molecule has 2 aromatic carbocycles. The first-order chi connectivity index (χ1) is 13.0. The lowest BCUT2D eigenvalue weighted by Crippen LogP contribution is -2.67. The van der Waals surface area contributed by atoms with E-state index in [0.717, 1.165) is 46.0 Å². The van der Waals surface area contributed by atoms with Crippen molar-refractivity contribution in [2.45, 2.75) is 33.1 Å². The molecule has 0 bridgehead atoms. The van der Waals surface area contributed by atoms with Crippen LogP contribution in [-0.2, 0) is 0 Å². The van der Waals surface area contributed by atoms with Gasteiger partial charge in [0, 0.05) is 5.92 Å². The van der Waals surface area contributed by atoms with Crippen molar-refractivity contribution in [1.29, 1.82) is 0 Å². The largest absolute Gasteiger partial charge is 0.496 e. The third-order valence-electron chi connectivity index (χ3n) is 5.15. The van der Waals surface area contributed by atoms with Crippen LogP contribution in [0.2, 0.25) is 0 Å². The number of aryl methyl sites for hydroxylation is 1. The van der Waals surface area contributed by atoms with Gasteiger partial charge in [0.15, 0.2) is 11.5 Å². The van der Waals surface area contributed by atoms with E-state index in [-0.39, 0.29) is 5.92 Å². The third kappa shape index (κ3) is 3.42. The minimum absolute atomic E-state index is 0.206. The average Bonchev–Trinajstić information content (AvgIpc) is 2.82. The van der Waals surface area contributed by atoms with E-state index in [9.17, 15) is 0 Å². The summed E-state index contributed by atoms with van der Waals surface area (Å²) in [5.74, 6) is 2.48. The van der Waals surface area contributed by atoms with E-state index in [2.05, 4.69) is 42.2 Å². The van der Waals surface area contributed by atoms with Crippen molar-refractivity contribution < 1.29 is 19.3 Å². The van der Waals surface area contributed by atoms with Crippen molar-refractivity contribution in [3.05, 3.63) is 52.6 Å². The molecule has 0 fully saturated rings. The fourth-order valence-corrected chi connectivity index (χ4v) is 3.62. The van der Waals surface area contributed by atoms with Gasteiger partial charge in [0.2, 0.25) is 5.71 Å². The SMILES string of the molecule is CCC1C(C)=N[NH+]=C(c2ccc(C)c(OC)c2)c2cc(OC)c(OC)cc21. The molecule has 0 radical (unpaired) electrons. The molecular weight excluding hydrogens is 340 g/mol. The molecule has 0 aromatic heterocycles. The topological polar surface area (TPSA) is 54.0 Å². The van der Waals surface area contributed by atoms with Gasteiger partial charge < -0.3 is 14.2 Å². The van der Waals surface area contributed by atoms with Crippen LogP contribution < -0.4 is 19.3 Å². The zero-order valence-corrected chi connectivity index (χ0v) is 16.8. The summed E-state index contributed by atoms with van der Waals surface area (Å²) in [6, 6.07) is 10.3. The van der Waals surface area contributed by atoms with Gasteiger partial charge in [-0.15, -0.1) is 0 Å². The van der Waals surface area contributed by atoms with Gasteiger partial charge in [0.05, 0.1) is 38.2 Å². The molecule has 3 rings (SSSR count). The molecule has 1 aliphatic rings. The number of rotatable bonds is 5. The van der Waals surface area contributed by atoms with Crippen molar-refractivity contribution >= 4 is 11.4 Å². The number of nitrogens with one attached hydrogen (secondary N) is 1. The fraction of sp³-hybridized carbons (Fsp3) is 0.364. The maximum atomic E-state index is 5.56. The van der Waals surface area contributed by atoms with E-state index < -0.39 is 0 Å². The van der Waals surface area contributed by atoms with Gasteiger partial charge in [0.1, 0.15) is 5.75 Å². The second-order valence-electron chi connectivity index (χ2n) is 6.68. The lowest BCUT2D eigenvalue weighted by molar-refractivity contribution is -0.461. The number of nitrogens with zero attached hydrogens (tertiary/aromatic N) is 1. The van der Waals surface area contributed by atoms with Gasteiger partial charge in [-0.2, -0.15) is 0 Å². The Balaban J connectivity index is 2.27. The number of ether oxygens (including phenoxy) is 3. The van der Waals surface area contributed by atoms with Gasteiger partial charge in [-0.25, -0.2) is 0 Å². The van der Waals surface area contributed by atoms with E-state index in [1.165, 1.54) is 5.56 Å². The minimum Gasteiger partial charge on any atom is -0.496 e. The number of hydrazone groups is 1. The van der Waals surface area contributed by atoms with Crippen molar-refractivity contribution in [2.24, 2.45) is 5.10 Å². The molecule has 27 heavy (non-hydrogen) atoms. The molecule has 1 heterocycles. The van der Waals surface area contributed by atoms with E-state index in [1.54, 1.807) is 21.3 Å². The summed E-state index contributed by atoms with van der Waals surface area (Å²) in [4.78, 5) is 0. The smallest absolute Gasteiger partial charge is 0.244 e. The molecule has 1 unspecified atom stereocenters. The summed E-state index contributed by atoms with van der Waals surface area (Å²) in [6.07, 6.45) is 0.948. The highest BCUT2D eigenvalue weighted by Gasteiger charge is 2.29. The van der Waals surface area contributed by atoms with E-state index in [4.69, 9.17) is 14.2 Å². The quantitative estimate of drug-likeness (QED) is 0.884. The lowest BCUT2D eigenvalue weighted by Gasteiger charge is -2.18. The molecule has 5 nitrogen and oxygen atoms in total. The second kappa shape index (κ2) is 7.82. The van der Waals surface area contributed by atoms with Crippen molar-refractivity contribution in [3.8, 4) is 17.2 Å².